The van der Waals surface area contributed by atoms with Crippen molar-refractivity contribution in [3.8, 4) is 11.5 Å². The van der Waals surface area contributed by atoms with Crippen LogP contribution in [0.4, 0.5) is 5.69 Å². The standard InChI is InChI=1S/C23H30N6O2/c1-17(2)29-23(24-25-26-29)22(20-7-5-6-8-21(20)31-4)28-15-13-27(14-16-28)18-9-11-19(30-3)12-10-18/h5-12,17,22H,13-16H2,1-4H3/p+1/t22-/m1/s1. The van der Waals surface area contributed by atoms with Crippen molar-refractivity contribution in [2.75, 3.05) is 45.3 Å². The molecule has 1 atom stereocenters. The Morgan fingerprint density at radius 3 is 2.29 bits per heavy atom. The number of piperazine rings is 1. The summed E-state index contributed by atoms with van der Waals surface area (Å²) in [5, 5.41) is 12.7. The van der Waals surface area contributed by atoms with E-state index in [1.807, 2.05) is 28.9 Å². The number of aromatic nitrogens is 4. The largest absolute Gasteiger partial charge is 0.497 e. The molecule has 8 heteroatoms. The molecule has 164 valence electrons. The average Bonchev–Trinajstić information content (AvgIpc) is 3.30. The smallest absolute Gasteiger partial charge is 0.214 e. The fraction of sp³-hybridized carbons (Fsp3) is 0.435. The molecule has 1 N–H and O–H groups in total. The Bertz CT molecular complexity index is 980. The summed E-state index contributed by atoms with van der Waals surface area (Å²) in [4.78, 5) is 3.86. The number of methoxy groups -OCH3 is 2. The van der Waals surface area contributed by atoms with E-state index >= 15 is 0 Å². The minimum atomic E-state index is 0.00608. The van der Waals surface area contributed by atoms with E-state index in [1.54, 1.807) is 14.2 Å². The van der Waals surface area contributed by atoms with Gasteiger partial charge in [-0.2, -0.15) is 0 Å². The van der Waals surface area contributed by atoms with Crippen molar-refractivity contribution in [1.82, 2.24) is 20.2 Å². The van der Waals surface area contributed by atoms with E-state index in [-0.39, 0.29) is 12.1 Å². The second-order valence-corrected chi connectivity index (χ2v) is 8.09. The quantitative estimate of drug-likeness (QED) is 0.625. The van der Waals surface area contributed by atoms with Gasteiger partial charge in [0.05, 0.1) is 52.0 Å². The molecule has 2 aromatic carbocycles. The number of hydrogen-bond acceptors (Lipinski definition) is 6. The number of quaternary nitrogens is 1. The summed E-state index contributed by atoms with van der Waals surface area (Å²) in [5.41, 5.74) is 2.34. The molecule has 0 aliphatic carbocycles. The Labute approximate surface area is 183 Å². The molecule has 0 spiro atoms. The summed E-state index contributed by atoms with van der Waals surface area (Å²) < 4.78 is 12.9. The third-order valence-corrected chi connectivity index (χ3v) is 5.97. The van der Waals surface area contributed by atoms with Crippen molar-refractivity contribution in [2.45, 2.75) is 25.9 Å². The van der Waals surface area contributed by atoms with Crippen LogP contribution in [-0.4, -0.2) is 60.6 Å². The molecule has 3 aromatic rings. The number of ether oxygens (including phenoxy) is 2. The van der Waals surface area contributed by atoms with Crippen molar-refractivity contribution in [3.63, 3.8) is 0 Å². The molecule has 31 heavy (non-hydrogen) atoms. The molecule has 8 nitrogen and oxygen atoms in total. The monoisotopic (exact) mass is 423 g/mol. The molecule has 0 radical (unpaired) electrons. The van der Waals surface area contributed by atoms with Crippen LogP contribution in [0.15, 0.2) is 48.5 Å². The number of tetrazole rings is 1. The van der Waals surface area contributed by atoms with Gasteiger partial charge in [0.1, 0.15) is 11.5 Å². The number of anilines is 1. The van der Waals surface area contributed by atoms with Crippen LogP contribution in [0.3, 0.4) is 0 Å². The first-order valence-corrected chi connectivity index (χ1v) is 10.8. The van der Waals surface area contributed by atoms with E-state index in [2.05, 4.69) is 58.5 Å². The van der Waals surface area contributed by atoms with Crippen LogP contribution in [0.25, 0.3) is 0 Å². The van der Waals surface area contributed by atoms with Crippen LogP contribution < -0.4 is 19.3 Å². The lowest BCUT2D eigenvalue weighted by molar-refractivity contribution is -0.927. The van der Waals surface area contributed by atoms with Crippen LogP contribution in [0, 0.1) is 0 Å². The van der Waals surface area contributed by atoms with Gasteiger partial charge in [0, 0.05) is 5.69 Å². The first-order chi connectivity index (χ1) is 15.1. The van der Waals surface area contributed by atoms with Gasteiger partial charge in [-0.05, 0) is 60.7 Å². The number of rotatable bonds is 7. The van der Waals surface area contributed by atoms with E-state index in [9.17, 15) is 0 Å². The third-order valence-electron chi connectivity index (χ3n) is 5.97. The van der Waals surface area contributed by atoms with Crippen LogP contribution in [-0.2, 0) is 0 Å². The minimum absolute atomic E-state index is 0.00608. The van der Waals surface area contributed by atoms with Gasteiger partial charge in [-0.1, -0.05) is 12.1 Å². The number of para-hydroxylation sites is 1. The molecular formula is C23H31N6O2+. The molecule has 0 unspecified atom stereocenters. The second kappa shape index (κ2) is 9.34. The third kappa shape index (κ3) is 4.34. The predicted molar refractivity (Wildman–Crippen MR) is 119 cm³/mol. The van der Waals surface area contributed by atoms with Gasteiger partial charge in [-0.25, -0.2) is 4.68 Å². The first-order valence-electron chi connectivity index (χ1n) is 10.8. The highest BCUT2D eigenvalue weighted by Crippen LogP contribution is 2.28. The van der Waals surface area contributed by atoms with Gasteiger partial charge in [-0.15, -0.1) is 5.10 Å². The Hall–Kier alpha value is -3.13. The number of nitrogens with zero attached hydrogens (tertiary/aromatic N) is 5. The normalized spacial score (nSPS) is 15.8. The van der Waals surface area contributed by atoms with Crippen molar-refractivity contribution in [2.24, 2.45) is 0 Å². The van der Waals surface area contributed by atoms with Crippen LogP contribution in [0.1, 0.15) is 37.3 Å². The van der Waals surface area contributed by atoms with E-state index in [0.717, 1.165) is 49.1 Å². The minimum Gasteiger partial charge on any atom is -0.497 e. The summed E-state index contributed by atoms with van der Waals surface area (Å²) in [6.07, 6.45) is 0. The molecule has 0 amide bonds. The molecule has 1 aliphatic heterocycles. The van der Waals surface area contributed by atoms with Gasteiger partial charge >= 0.3 is 0 Å². The van der Waals surface area contributed by atoms with Gasteiger partial charge in [-0.3, -0.25) is 0 Å². The average molecular weight is 424 g/mol. The summed E-state index contributed by atoms with van der Waals surface area (Å²) in [5.74, 6) is 2.63. The molecule has 1 saturated heterocycles. The van der Waals surface area contributed by atoms with E-state index in [4.69, 9.17) is 9.47 Å². The highest BCUT2D eigenvalue weighted by molar-refractivity contribution is 5.49. The molecule has 1 fully saturated rings. The Kier molecular flexibility index (Phi) is 6.36. The number of hydrogen-bond donors (Lipinski definition) is 1. The zero-order valence-corrected chi connectivity index (χ0v) is 18.7. The maximum absolute atomic E-state index is 5.71. The fourth-order valence-electron chi connectivity index (χ4n) is 4.34. The Morgan fingerprint density at radius 1 is 0.935 bits per heavy atom. The predicted octanol–water partition coefficient (Wildman–Crippen LogP) is 1.77. The van der Waals surface area contributed by atoms with E-state index < -0.39 is 0 Å². The Balaban J connectivity index is 1.61. The van der Waals surface area contributed by atoms with Crippen LogP contribution in [0.2, 0.25) is 0 Å². The van der Waals surface area contributed by atoms with Gasteiger partial charge in [0.25, 0.3) is 0 Å². The summed E-state index contributed by atoms with van der Waals surface area (Å²) in [6, 6.07) is 16.7. The highest BCUT2D eigenvalue weighted by atomic mass is 16.5. The van der Waals surface area contributed by atoms with E-state index in [0.29, 0.717) is 0 Å². The first kappa shape index (κ1) is 21.1. The molecule has 1 aromatic heterocycles. The van der Waals surface area contributed by atoms with Crippen LogP contribution >= 0.6 is 0 Å². The second-order valence-electron chi connectivity index (χ2n) is 8.09. The zero-order chi connectivity index (χ0) is 21.8. The SMILES string of the molecule is COc1ccc(N2CC[NH+]([C@H](c3ccccc3OC)c3nnnn3C(C)C)CC2)cc1. The number of benzene rings is 2. The lowest BCUT2D eigenvalue weighted by atomic mass is 10.0. The van der Waals surface area contributed by atoms with Gasteiger partial charge in [0.2, 0.25) is 5.82 Å². The number of nitrogens with one attached hydrogen (secondary N) is 1. The topological polar surface area (TPSA) is 69.7 Å². The van der Waals surface area contributed by atoms with Crippen molar-refractivity contribution in [1.29, 1.82) is 0 Å². The van der Waals surface area contributed by atoms with Gasteiger partial charge < -0.3 is 19.3 Å². The molecule has 0 saturated carbocycles. The lowest BCUT2D eigenvalue weighted by Gasteiger charge is -2.37. The Morgan fingerprint density at radius 2 is 1.65 bits per heavy atom. The summed E-state index contributed by atoms with van der Waals surface area (Å²) >= 11 is 0. The molecular weight excluding hydrogens is 392 g/mol. The lowest BCUT2D eigenvalue weighted by Crippen LogP contribution is -3.15. The van der Waals surface area contributed by atoms with Crippen molar-refractivity contribution >= 4 is 5.69 Å². The molecule has 0 bridgehead atoms. The molecule has 4 rings (SSSR count). The summed E-state index contributed by atoms with van der Waals surface area (Å²) in [6.45, 7) is 8.07. The van der Waals surface area contributed by atoms with Crippen molar-refractivity contribution in [3.05, 3.63) is 59.9 Å². The van der Waals surface area contributed by atoms with Gasteiger partial charge in [0.15, 0.2) is 6.04 Å². The molecule has 2 heterocycles. The highest BCUT2D eigenvalue weighted by Gasteiger charge is 2.36. The maximum Gasteiger partial charge on any atom is 0.214 e. The fourth-order valence-corrected chi connectivity index (χ4v) is 4.34. The van der Waals surface area contributed by atoms with Crippen LogP contribution in [0.5, 0.6) is 11.5 Å². The maximum atomic E-state index is 5.71. The molecule has 1 aliphatic rings. The van der Waals surface area contributed by atoms with Crippen molar-refractivity contribution < 1.29 is 14.4 Å². The zero-order valence-electron chi connectivity index (χ0n) is 18.7. The van der Waals surface area contributed by atoms with E-state index in [1.165, 1.54) is 10.6 Å². The summed E-state index contributed by atoms with van der Waals surface area (Å²) in [7, 11) is 3.41.